The number of hydrogen-bond donors (Lipinski definition) is 2. The van der Waals surface area contributed by atoms with Crippen LogP contribution in [0.4, 0.5) is 5.69 Å². The van der Waals surface area contributed by atoms with Crippen molar-refractivity contribution >= 4 is 38.9 Å². The van der Waals surface area contributed by atoms with Crippen molar-refractivity contribution in [3.05, 3.63) is 41.3 Å². The van der Waals surface area contributed by atoms with E-state index >= 15 is 0 Å². The van der Waals surface area contributed by atoms with Crippen molar-refractivity contribution in [2.24, 2.45) is 5.92 Å². The number of carbonyl (C=O) groups excluding carboxylic acids is 2. The number of aromatic hydroxyl groups is 1. The first-order valence-electron chi connectivity index (χ1n) is 8.59. The van der Waals surface area contributed by atoms with Crippen LogP contribution in [-0.4, -0.2) is 49.9 Å². The number of phenols is 1. The molecule has 1 aromatic heterocycles. The smallest absolute Gasteiger partial charge is 0.341 e. The molecule has 2 heterocycles. The van der Waals surface area contributed by atoms with Crippen molar-refractivity contribution < 1.29 is 27.9 Å². The van der Waals surface area contributed by atoms with Gasteiger partial charge in [0.2, 0.25) is 5.91 Å². The van der Waals surface area contributed by atoms with Crippen LogP contribution in [0.2, 0.25) is 0 Å². The molecule has 0 saturated carbocycles. The number of thiophene rings is 1. The molecule has 1 aromatic carbocycles. The number of ether oxygens (including phenoxy) is 1. The lowest BCUT2D eigenvalue weighted by Crippen LogP contribution is -2.41. The van der Waals surface area contributed by atoms with Gasteiger partial charge in [0.1, 0.15) is 9.77 Å². The molecule has 0 spiro atoms. The largest absolute Gasteiger partial charge is 0.505 e. The summed E-state index contributed by atoms with van der Waals surface area (Å²) in [5, 5.41) is 14.5. The molecule has 1 saturated heterocycles. The lowest BCUT2D eigenvalue weighted by atomic mass is 9.97. The van der Waals surface area contributed by atoms with Gasteiger partial charge < -0.3 is 15.2 Å². The van der Waals surface area contributed by atoms with E-state index < -0.39 is 21.9 Å². The van der Waals surface area contributed by atoms with Crippen LogP contribution in [0.3, 0.4) is 0 Å². The van der Waals surface area contributed by atoms with E-state index in [0.29, 0.717) is 17.1 Å². The summed E-state index contributed by atoms with van der Waals surface area (Å²) in [5.74, 6) is -1.79. The molecular formula is C18H20N2O6S2. The first kappa shape index (κ1) is 20.3. The second-order valence-electron chi connectivity index (χ2n) is 6.29. The zero-order valence-electron chi connectivity index (χ0n) is 15.1. The predicted octanol–water partition coefficient (Wildman–Crippen LogP) is 2.28. The van der Waals surface area contributed by atoms with Crippen LogP contribution in [0.25, 0.3) is 0 Å². The van der Waals surface area contributed by atoms with Gasteiger partial charge in [-0.1, -0.05) is 12.1 Å². The van der Waals surface area contributed by atoms with Gasteiger partial charge in [-0.05, 0) is 36.4 Å². The number of benzene rings is 1. The van der Waals surface area contributed by atoms with Gasteiger partial charge >= 0.3 is 5.97 Å². The molecule has 2 aromatic rings. The number of methoxy groups -OCH3 is 1. The van der Waals surface area contributed by atoms with Gasteiger partial charge in [0.15, 0.2) is 5.75 Å². The molecule has 0 aliphatic carbocycles. The number of amides is 1. The summed E-state index contributed by atoms with van der Waals surface area (Å²) in [6, 6.07) is 7.65. The summed E-state index contributed by atoms with van der Waals surface area (Å²) in [6.07, 6.45) is 0.738. The third-order valence-corrected chi connectivity index (χ3v) is 7.88. The molecule has 0 radical (unpaired) electrons. The highest BCUT2D eigenvalue weighted by Gasteiger charge is 2.33. The van der Waals surface area contributed by atoms with E-state index in [0.717, 1.165) is 0 Å². The van der Waals surface area contributed by atoms with Crippen LogP contribution in [-0.2, 0) is 19.6 Å². The number of sulfonamides is 1. The molecule has 8 nitrogen and oxygen atoms in total. The molecule has 10 heteroatoms. The van der Waals surface area contributed by atoms with Crippen molar-refractivity contribution in [3.63, 3.8) is 0 Å². The molecule has 0 atom stereocenters. The van der Waals surface area contributed by atoms with Crippen molar-refractivity contribution in [2.75, 3.05) is 25.5 Å². The molecule has 2 N–H and O–H groups in total. The van der Waals surface area contributed by atoms with Crippen LogP contribution in [0.15, 0.2) is 39.9 Å². The average Bonchev–Trinajstić information content (AvgIpc) is 3.25. The zero-order valence-corrected chi connectivity index (χ0v) is 16.8. The van der Waals surface area contributed by atoms with Crippen LogP contribution in [0.5, 0.6) is 5.75 Å². The fourth-order valence-electron chi connectivity index (χ4n) is 3.05. The minimum absolute atomic E-state index is 0.0443. The highest BCUT2D eigenvalue weighted by atomic mass is 32.2. The van der Waals surface area contributed by atoms with E-state index in [-0.39, 0.29) is 36.0 Å². The Balaban J connectivity index is 1.64. The number of nitrogens with zero attached hydrogens (tertiary/aromatic N) is 1. The van der Waals surface area contributed by atoms with Crippen molar-refractivity contribution in [1.82, 2.24) is 4.31 Å². The molecule has 0 unspecified atom stereocenters. The quantitative estimate of drug-likeness (QED) is 0.562. The first-order chi connectivity index (χ1) is 13.3. The van der Waals surface area contributed by atoms with Crippen LogP contribution < -0.4 is 5.32 Å². The number of carbonyl (C=O) groups is 2. The Bertz CT molecular complexity index is 964. The topological polar surface area (TPSA) is 113 Å². The number of phenolic OH excluding ortho intramolecular Hbond substituents is 1. The molecule has 1 aliphatic rings. The maximum absolute atomic E-state index is 12.6. The third-order valence-electron chi connectivity index (χ3n) is 4.61. The Kier molecular flexibility index (Phi) is 6.01. The van der Waals surface area contributed by atoms with E-state index in [4.69, 9.17) is 0 Å². The molecular weight excluding hydrogens is 404 g/mol. The zero-order chi connectivity index (χ0) is 20.3. The Morgan fingerprint density at radius 1 is 1.21 bits per heavy atom. The summed E-state index contributed by atoms with van der Waals surface area (Å²) in [4.78, 5) is 24.2. The number of nitrogens with one attached hydrogen (secondary N) is 1. The SMILES string of the molecule is COC(=O)c1cccc(NC(=O)C2CCN(S(=O)(=O)c3cccs3)CC2)c1O. The standard InChI is InChI=1S/C18H20N2O6S2/c1-26-18(23)13-4-2-5-14(16(13)21)19-17(22)12-7-9-20(10-8-12)28(24,25)15-6-3-11-27-15/h2-6,11-12,21H,7-10H2,1H3,(H,19,22). The fraction of sp³-hybridized carbons (Fsp3) is 0.333. The van der Waals surface area contributed by atoms with Gasteiger partial charge in [-0.2, -0.15) is 4.31 Å². The van der Waals surface area contributed by atoms with Gasteiger partial charge in [0.25, 0.3) is 10.0 Å². The maximum atomic E-state index is 12.6. The second-order valence-corrected chi connectivity index (χ2v) is 9.41. The summed E-state index contributed by atoms with van der Waals surface area (Å²) in [5.41, 5.74) is 0.0682. The summed E-state index contributed by atoms with van der Waals surface area (Å²) in [6.45, 7) is 0.485. The van der Waals surface area contributed by atoms with Gasteiger partial charge in [-0.15, -0.1) is 11.3 Å². The Morgan fingerprint density at radius 2 is 1.93 bits per heavy atom. The van der Waals surface area contributed by atoms with Crippen molar-refractivity contribution in [3.8, 4) is 5.75 Å². The Hall–Kier alpha value is -2.43. The number of hydrogen-bond acceptors (Lipinski definition) is 7. The number of piperidine rings is 1. The van der Waals surface area contributed by atoms with Gasteiger partial charge in [0, 0.05) is 19.0 Å². The molecule has 0 bridgehead atoms. The normalized spacial score (nSPS) is 15.9. The van der Waals surface area contributed by atoms with Gasteiger partial charge in [0.05, 0.1) is 12.8 Å². The minimum atomic E-state index is -3.52. The van der Waals surface area contributed by atoms with Crippen molar-refractivity contribution in [2.45, 2.75) is 17.1 Å². The molecule has 1 aliphatic heterocycles. The van der Waals surface area contributed by atoms with Crippen LogP contribution in [0, 0.1) is 5.92 Å². The first-order valence-corrected chi connectivity index (χ1v) is 10.9. The maximum Gasteiger partial charge on any atom is 0.341 e. The van der Waals surface area contributed by atoms with Crippen LogP contribution in [0.1, 0.15) is 23.2 Å². The number of rotatable bonds is 5. The lowest BCUT2D eigenvalue weighted by molar-refractivity contribution is -0.120. The molecule has 1 fully saturated rings. The summed E-state index contributed by atoms with van der Waals surface area (Å²) < 4.78 is 31.4. The molecule has 28 heavy (non-hydrogen) atoms. The van der Waals surface area contributed by atoms with Crippen molar-refractivity contribution in [1.29, 1.82) is 0 Å². The van der Waals surface area contributed by atoms with Gasteiger partial charge in [-0.3, -0.25) is 4.79 Å². The summed E-state index contributed by atoms with van der Waals surface area (Å²) in [7, 11) is -2.32. The molecule has 1 amide bonds. The molecule has 150 valence electrons. The van der Waals surface area contributed by atoms with E-state index in [2.05, 4.69) is 10.1 Å². The van der Waals surface area contributed by atoms with E-state index in [1.54, 1.807) is 17.5 Å². The second kappa shape index (κ2) is 8.29. The number of anilines is 1. The number of para-hydroxylation sites is 1. The predicted molar refractivity (Wildman–Crippen MR) is 104 cm³/mol. The number of esters is 1. The minimum Gasteiger partial charge on any atom is -0.505 e. The van der Waals surface area contributed by atoms with Gasteiger partial charge in [-0.25, -0.2) is 13.2 Å². The molecule has 3 rings (SSSR count). The highest BCUT2D eigenvalue weighted by molar-refractivity contribution is 7.91. The fourth-order valence-corrected chi connectivity index (χ4v) is 5.66. The summed E-state index contributed by atoms with van der Waals surface area (Å²) >= 11 is 1.17. The Morgan fingerprint density at radius 3 is 2.54 bits per heavy atom. The third kappa shape index (κ3) is 4.03. The van der Waals surface area contributed by atoms with E-state index in [9.17, 15) is 23.1 Å². The highest BCUT2D eigenvalue weighted by Crippen LogP contribution is 2.30. The monoisotopic (exact) mass is 424 g/mol. The van der Waals surface area contributed by atoms with E-state index in [1.807, 2.05) is 0 Å². The van der Waals surface area contributed by atoms with E-state index in [1.165, 1.54) is 41.0 Å². The Labute approximate surface area is 166 Å². The lowest BCUT2D eigenvalue weighted by Gasteiger charge is -2.30. The van der Waals surface area contributed by atoms with Crippen LogP contribution >= 0.6 is 11.3 Å². The average molecular weight is 425 g/mol.